The van der Waals surface area contributed by atoms with Crippen molar-refractivity contribution in [2.75, 3.05) is 6.61 Å². The summed E-state index contributed by atoms with van der Waals surface area (Å²) >= 11 is 0. The van der Waals surface area contributed by atoms with Crippen LogP contribution in [0.1, 0.15) is 29.8 Å². The molecule has 0 aliphatic carbocycles. The van der Waals surface area contributed by atoms with Crippen LogP contribution in [0.3, 0.4) is 0 Å². The third-order valence-corrected chi connectivity index (χ3v) is 3.83. The lowest BCUT2D eigenvalue weighted by molar-refractivity contribution is 0.297. The fourth-order valence-corrected chi connectivity index (χ4v) is 2.93. The van der Waals surface area contributed by atoms with Gasteiger partial charge >= 0.3 is 0 Å². The van der Waals surface area contributed by atoms with Gasteiger partial charge in [0.2, 0.25) is 0 Å². The second-order valence-electron chi connectivity index (χ2n) is 5.28. The summed E-state index contributed by atoms with van der Waals surface area (Å²) in [4.78, 5) is 4.80. The van der Waals surface area contributed by atoms with Gasteiger partial charge in [0.25, 0.3) is 0 Å². The van der Waals surface area contributed by atoms with E-state index in [4.69, 9.17) is 4.98 Å². The van der Waals surface area contributed by atoms with E-state index in [9.17, 15) is 5.11 Å². The molecule has 1 aromatic heterocycles. The fourth-order valence-electron chi connectivity index (χ4n) is 2.93. The summed E-state index contributed by atoms with van der Waals surface area (Å²) in [7, 11) is 0. The van der Waals surface area contributed by atoms with Crippen LogP contribution in [0.15, 0.2) is 24.3 Å². The highest BCUT2D eigenvalue weighted by atomic mass is 16.3. The Hall–Kier alpha value is -1.61. The molecular formula is C16H20N2O. The fraction of sp³-hybridized carbons (Fsp3) is 0.438. The number of imidazole rings is 1. The highest BCUT2D eigenvalue weighted by Crippen LogP contribution is 2.28. The van der Waals surface area contributed by atoms with Crippen LogP contribution in [-0.4, -0.2) is 21.3 Å². The van der Waals surface area contributed by atoms with Crippen LogP contribution in [0.2, 0.25) is 0 Å². The van der Waals surface area contributed by atoms with Gasteiger partial charge in [-0.15, -0.1) is 0 Å². The van der Waals surface area contributed by atoms with Gasteiger partial charge < -0.3 is 9.67 Å². The Kier molecular flexibility index (Phi) is 3.38. The van der Waals surface area contributed by atoms with Crippen LogP contribution in [0.25, 0.3) is 11.4 Å². The smallest absolute Gasteiger partial charge is 0.140 e. The van der Waals surface area contributed by atoms with E-state index in [-0.39, 0.29) is 6.61 Å². The number of aliphatic hydroxyl groups is 1. The second-order valence-corrected chi connectivity index (χ2v) is 5.28. The van der Waals surface area contributed by atoms with Crippen molar-refractivity contribution in [3.63, 3.8) is 0 Å². The first-order chi connectivity index (χ1) is 9.29. The zero-order valence-electron chi connectivity index (χ0n) is 11.4. The normalized spacial score (nSPS) is 14.4. The Bertz CT molecular complexity index is 586. The zero-order valence-corrected chi connectivity index (χ0v) is 11.4. The lowest BCUT2D eigenvalue weighted by Crippen LogP contribution is -2.12. The van der Waals surface area contributed by atoms with Crippen LogP contribution >= 0.6 is 0 Å². The number of hydrogen-bond acceptors (Lipinski definition) is 2. The number of fused-ring (bicyclic) bond motifs is 1. The molecule has 100 valence electrons. The van der Waals surface area contributed by atoms with Gasteiger partial charge in [0.15, 0.2) is 0 Å². The molecule has 0 amide bonds. The Morgan fingerprint density at radius 2 is 2.21 bits per heavy atom. The quantitative estimate of drug-likeness (QED) is 0.917. The summed E-state index contributed by atoms with van der Waals surface area (Å²) in [5.41, 5.74) is 4.86. The molecule has 0 radical (unpaired) electrons. The summed E-state index contributed by atoms with van der Waals surface area (Å²) in [5.74, 6) is 1.07. The third-order valence-electron chi connectivity index (χ3n) is 3.83. The average Bonchev–Trinajstić information content (AvgIpc) is 2.79. The molecule has 2 heterocycles. The maximum Gasteiger partial charge on any atom is 0.140 e. The van der Waals surface area contributed by atoms with Gasteiger partial charge in [-0.05, 0) is 32.3 Å². The Balaban J connectivity index is 2.10. The molecule has 3 nitrogen and oxygen atoms in total. The van der Waals surface area contributed by atoms with E-state index < -0.39 is 0 Å². The van der Waals surface area contributed by atoms with E-state index >= 15 is 0 Å². The van der Waals surface area contributed by atoms with Crippen LogP contribution in [0, 0.1) is 6.92 Å². The van der Waals surface area contributed by atoms with Gasteiger partial charge in [0.1, 0.15) is 5.82 Å². The summed E-state index contributed by atoms with van der Waals surface area (Å²) in [6, 6.07) is 8.51. The number of hydrogen-bond donors (Lipinski definition) is 1. The first kappa shape index (κ1) is 12.4. The van der Waals surface area contributed by atoms with Crippen molar-refractivity contribution in [1.82, 2.24) is 9.55 Å². The monoisotopic (exact) mass is 256 g/mol. The van der Waals surface area contributed by atoms with Crippen molar-refractivity contribution < 1.29 is 5.11 Å². The number of rotatable bonds is 3. The molecule has 19 heavy (non-hydrogen) atoms. The van der Waals surface area contributed by atoms with Crippen LogP contribution in [0.4, 0.5) is 0 Å². The lowest BCUT2D eigenvalue weighted by Gasteiger charge is -2.17. The molecule has 0 saturated heterocycles. The van der Waals surface area contributed by atoms with Crippen molar-refractivity contribution in [2.24, 2.45) is 0 Å². The predicted octanol–water partition coefficient (Wildman–Crippen LogP) is 2.73. The molecule has 0 atom stereocenters. The van der Waals surface area contributed by atoms with Crippen molar-refractivity contribution in [2.45, 2.75) is 39.2 Å². The summed E-state index contributed by atoms with van der Waals surface area (Å²) in [6.45, 7) is 3.34. The summed E-state index contributed by atoms with van der Waals surface area (Å²) < 4.78 is 2.35. The highest BCUT2D eigenvalue weighted by Gasteiger charge is 2.20. The zero-order chi connectivity index (χ0) is 13.2. The molecule has 0 fully saturated rings. The SMILES string of the molecule is Cc1cccc(-c2nc(CCO)c3n2CCCC3)c1. The molecule has 0 spiro atoms. The van der Waals surface area contributed by atoms with E-state index in [2.05, 4.69) is 35.8 Å². The molecule has 2 aromatic rings. The third kappa shape index (κ3) is 2.30. The van der Waals surface area contributed by atoms with Crippen LogP contribution < -0.4 is 0 Å². The Morgan fingerprint density at radius 1 is 1.32 bits per heavy atom. The summed E-state index contributed by atoms with van der Waals surface area (Å²) in [5, 5.41) is 9.20. The van der Waals surface area contributed by atoms with E-state index in [1.807, 2.05) is 0 Å². The summed E-state index contributed by atoms with van der Waals surface area (Å²) in [6.07, 6.45) is 4.22. The van der Waals surface area contributed by atoms with E-state index in [0.29, 0.717) is 6.42 Å². The molecule has 1 aliphatic rings. The number of aliphatic hydroxyl groups excluding tert-OH is 1. The van der Waals surface area contributed by atoms with Gasteiger partial charge in [-0.1, -0.05) is 23.8 Å². The van der Waals surface area contributed by atoms with Gasteiger partial charge in [-0.2, -0.15) is 0 Å². The van der Waals surface area contributed by atoms with Crippen molar-refractivity contribution in [3.05, 3.63) is 41.2 Å². The first-order valence-corrected chi connectivity index (χ1v) is 7.06. The van der Waals surface area contributed by atoms with Crippen molar-refractivity contribution in [1.29, 1.82) is 0 Å². The largest absolute Gasteiger partial charge is 0.396 e. The number of aromatic nitrogens is 2. The van der Waals surface area contributed by atoms with Gasteiger partial charge in [-0.3, -0.25) is 0 Å². The minimum Gasteiger partial charge on any atom is -0.396 e. The lowest BCUT2D eigenvalue weighted by atomic mass is 10.1. The maximum absolute atomic E-state index is 9.20. The molecule has 0 saturated carbocycles. The molecule has 0 bridgehead atoms. The van der Waals surface area contributed by atoms with E-state index in [0.717, 1.165) is 24.5 Å². The van der Waals surface area contributed by atoms with Gasteiger partial charge in [0, 0.05) is 30.8 Å². The standard InChI is InChI=1S/C16H20N2O/c1-12-5-4-6-13(11-12)16-17-14(8-10-19)15-7-2-3-9-18(15)16/h4-6,11,19H,2-3,7-10H2,1H3. The van der Waals surface area contributed by atoms with E-state index in [1.165, 1.54) is 29.7 Å². The Labute approximate surface area is 113 Å². The molecule has 3 rings (SSSR count). The van der Waals surface area contributed by atoms with Crippen molar-refractivity contribution >= 4 is 0 Å². The minimum absolute atomic E-state index is 0.178. The molecule has 1 aliphatic heterocycles. The maximum atomic E-state index is 9.20. The van der Waals surface area contributed by atoms with E-state index in [1.54, 1.807) is 0 Å². The highest BCUT2D eigenvalue weighted by molar-refractivity contribution is 5.58. The molecule has 1 aromatic carbocycles. The number of nitrogens with zero attached hydrogens (tertiary/aromatic N) is 2. The number of benzene rings is 1. The second kappa shape index (κ2) is 5.17. The van der Waals surface area contributed by atoms with Crippen molar-refractivity contribution in [3.8, 4) is 11.4 Å². The van der Waals surface area contributed by atoms with Gasteiger partial charge in [-0.25, -0.2) is 4.98 Å². The van der Waals surface area contributed by atoms with Crippen LogP contribution in [0.5, 0.6) is 0 Å². The van der Waals surface area contributed by atoms with Crippen LogP contribution in [-0.2, 0) is 19.4 Å². The predicted molar refractivity (Wildman–Crippen MR) is 76.1 cm³/mol. The Morgan fingerprint density at radius 3 is 3.00 bits per heavy atom. The molecule has 3 heteroatoms. The molecular weight excluding hydrogens is 236 g/mol. The molecule has 0 unspecified atom stereocenters. The minimum atomic E-state index is 0.178. The first-order valence-electron chi connectivity index (χ1n) is 7.06. The number of aryl methyl sites for hydroxylation is 1. The average molecular weight is 256 g/mol. The van der Waals surface area contributed by atoms with Gasteiger partial charge in [0.05, 0.1) is 5.69 Å². The molecule has 1 N–H and O–H groups in total. The topological polar surface area (TPSA) is 38.1 Å².